The van der Waals surface area contributed by atoms with Crippen LogP contribution < -0.4 is 5.32 Å². The number of benzene rings is 1. The molecule has 2 unspecified atom stereocenters. The van der Waals surface area contributed by atoms with Crippen LogP contribution in [0.2, 0.25) is 0 Å². The van der Waals surface area contributed by atoms with Gasteiger partial charge in [0.15, 0.2) is 11.1 Å². The molecule has 1 aliphatic rings. The fraction of sp³-hybridized carbons (Fsp3) is 0.462. The van der Waals surface area contributed by atoms with Crippen molar-refractivity contribution in [1.82, 2.24) is 4.98 Å². The number of para-hydroxylation sites is 1. The molecule has 1 aromatic heterocycles. The smallest absolute Gasteiger partial charge is 0.298 e. The molecule has 1 aliphatic carbocycles. The summed E-state index contributed by atoms with van der Waals surface area (Å²) in [6.07, 6.45) is 5.45. The topological polar surface area (TPSA) is 81.2 Å². The molecule has 0 bridgehead atoms. The molecule has 6 nitrogen and oxygen atoms in total. The maximum atomic E-state index is 11.0. The molecule has 1 aromatic carbocycles. The van der Waals surface area contributed by atoms with Gasteiger partial charge in [0.25, 0.3) is 11.7 Å². The number of nitro groups is 1. The number of fused-ring (bicyclic) bond motifs is 1. The van der Waals surface area contributed by atoms with Gasteiger partial charge in [0.05, 0.1) is 4.92 Å². The number of nitro benzene ring substituents is 1. The van der Waals surface area contributed by atoms with Crippen molar-refractivity contribution in [2.75, 3.05) is 11.6 Å². The number of non-ortho nitro benzene ring substituents is 1. The van der Waals surface area contributed by atoms with E-state index in [0.717, 1.165) is 12.8 Å². The number of aromatic nitrogens is 1. The summed E-state index contributed by atoms with van der Waals surface area (Å²) in [7, 11) is 0. The Kier molecular flexibility index (Phi) is 3.52. The average Bonchev–Trinajstić information content (AvgIpc) is 3.03. The van der Waals surface area contributed by atoms with E-state index in [1.54, 1.807) is 12.1 Å². The molecule has 0 saturated heterocycles. The summed E-state index contributed by atoms with van der Waals surface area (Å²) in [5.74, 6) is 0. The van der Waals surface area contributed by atoms with Crippen molar-refractivity contribution in [3.05, 3.63) is 28.3 Å². The number of thioether (sulfide) groups is 1. The van der Waals surface area contributed by atoms with E-state index in [-0.39, 0.29) is 5.69 Å². The van der Waals surface area contributed by atoms with Gasteiger partial charge in [-0.05, 0) is 31.6 Å². The minimum atomic E-state index is -0.437. The lowest BCUT2D eigenvalue weighted by molar-refractivity contribution is -0.383. The molecule has 106 valence electrons. The second kappa shape index (κ2) is 5.32. The van der Waals surface area contributed by atoms with Crippen LogP contribution in [-0.2, 0) is 0 Å². The first-order chi connectivity index (χ1) is 9.67. The van der Waals surface area contributed by atoms with Crippen LogP contribution in [0.4, 0.5) is 11.7 Å². The van der Waals surface area contributed by atoms with E-state index in [1.807, 2.05) is 11.8 Å². The van der Waals surface area contributed by atoms with Gasteiger partial charge in [0.2, 0.25) is 0 Å². The summed E-state index contributed by atoms with van der Waals surface area (Å²) in [6, 6.07) is 5.45. The highest BCUT2D eigenvalue weighted by molar-refractivity contribution is 7.99. The zero-order valence-electron chi connectivity index (χ0n) is 11.0. The molecule has 0 aliphatic heterocycles. The Balaban J connectivity index is 1.83. The van der Waals surface area contributed by atoms with Crippen LogP contribution in [-0.4, -0.2) is 27.5 Å². The number of nitrogens with zero attached hydrogens (tertiary/aromatic N) is 2. The van der Waals surface area contributed by atoms with Gasteiger partial charge in [-0.3, -0.25) is 10.1 Å². The van der Waals surface area contributed by atoms with Crippen LogP contribution in [0, 0.1) is 10.1 Å². The number of hydrogen-bond acceptors (Lipinski definition) is 6. The Morgan fingerprint density at radius 2 is 2.35 bits per heavy atom. The summed E-state index contributed by atoms with van der Waals surface area (Å²) in [6.45, 7) is 0. The van der Waals surface area contributed by atoms with E-state index in [9.17, 15) is 10.1 Å². The number of nitrogens with one attached hydrogen (secondary N) is 1. The van der Waals surface area contributed by atoms with Crippen LogP contribution >= 0.6 is 11.8 Å². The number of oxazole rings is 1. The van der Waals surface area contributed by atoms with E-state index in [0.29, 0.717) is 28.4 Å². The predicted molar refractivity (Wildman–Crippen MR) is 79.2 cm³/mol. The maximum Gasteiger partial charge on any atom is 0.298 e. The fourth-order valence-corrected chi connectivity index (χ4v) is 3.40. The van der Waals surface area contributed by atoms with E-state index in [2.05, 4.69) is 16.6 Å². The summed E-state index contributed by atoms with van der Waals surface area (Å²) >= 11 is 1.88. The largest absolute Gasteiger partial charge is 0.423 e. The molecule has 20 heavy (non-hydrogen) atoms. The van der Waals surface area contributed by atoms with E-state index < -0.39 is 4.92 Å². The third-order valence-corrected chi connectivity index (χ3v) is 4.73. The highest BCUT2D eigenvalue weighted by atomic mass is 32.2. The molecule has 7 heteroatoms. The summed E-state index contributed by atoms with van der Waals surface area (Å²) in [4.78, 5) is 14.7. The van der Waals surface area contributed by atoms with Gasteiger partial charge in [0, 0.05) is 17.4 Å². The second-order valence-corrected chi connectivity index (χ2v) is 6.05. The molecule has 0 radical (unpaired) electrons. The molecule has 0 amide bonds. The van der Waals surface area contributed by atoms with Crippen molar-refractivity contribution >= 4 is 34.6 Å². The molecule has 3 rings (SSSR count). The lowest BCUT2D eigenvalue weighted by Crippen LogP contribution is -2.16. The fourth-order valence-electron chi connectivity index (χ4n) is 2.60. The molecular formula is C13H15N3O3S. The standard InChI is InChI=1S/C13H15N3O3S/c1-20-9-6-5-8(7-9)14-13-15-12-10(16(17)18)3-2-4-11(12)19-13/h2-4,8-9H,5-7H2,1H3,(H,14,15). The van der Waals surface area contributed by atoms with Crippen molar-refractivity contribution in [2.24, 2.45) is 0 Å². The van der Waals surface area contributed by atoms with Crippen LogP contribution in [0.15, 0.2) is 22.6 Å². The minimum Gasteiger partial charge on any atom is -0.423 e. The Morgan fingerprint density at radius 3 is 3.05 bits per heavy atom. The quantitative estimate of drug-likeness (QED) is 0.687. The Morgan fingerprint density at radius 1 is 1.50 bits per heavy atom. The molecular weight excluding hydrogens is 278 g/mol. The normalized spacial score (nSPS) is 22.2. The van der Waals surface area contributed by atoms with Gasteiger partial charge >= 0.3 is 0 Å². The van der Waals surface area contributed by atoms with Crippen molar-refractivity contribution in [1.29, 1.82) is 0 Å². The first kappa shape index (κ1) is 13.2. The van der Waals surface area contributed by atoms with Crippen LogP contribution in [0.3, 0.4) is 0 Å². The lowest BCUT2D eigenvalue weighted by atomic mass is 10.3. The van der Waals surface area contributed by atoms with Crippen LogP contribution in [0.5, 0.6) is 0 Å². The third kappa shape index (κ3) is 2.45. The van der Waals surface area contributed by atoms with E-state index in [4.69, 9.17) is 4.42 Å². The Bertz CT molecular complexity index is 643. The summed E-state index contributed by atoms with van der Waals surface area (Å²) in [5.41, 5.74) is 0.730. The third-order valence-electron chi connectivity index (χ3n) is 3.64. The van der Waals surface area contributed by atoms with Crippen molar-refractivity contribution in [3.63, 3.8) is 0 Å². The van der Waals surface area contributed by atoms with Gasteiger partial charge in [-0.2, -0.15) is 16.7 Å². The maximum absolute atomic E-state index is 11.0. The van der Waals surface area contributed by atoms with Gasteiger partial charge < -0.3 is 9.73 Å². The summed E-state index contributed by atoms with van der Waals surface area (Å²) in [5, 5.41) is 14.9. The van der Waals surface area contributed by atoms with Gasteiger partial charge in [-0.25, -0.2) is 0 Å². The summed E-state index contributed by atoms with van der Waals surface area (Å²) < 4.78 is 5.56. The Hall–Kier alpha value is -1.76. The van der Waals surface area contributed by atoms with Crippen molar-refractivity contribution in [2.45, 2.75) is 30.6 Å². The predicted octanol–water partition coefficient (Wildman–Crippen LogP) is 3.43. The van der Waals surface area contributed by atoms with E-state index in [1.165, 1.54) is 12.5 Å². The first-order valence-electron chi connectivity index (χ1n) is 6.50. The lowest BCUT2D eigenvalue weighted by Gasteiger charge is -2.09. The molecule has 2 atom stereocenters. The van der Waals surface area contributed by atoms with Gasteiger partial charge in [-0.15, -0.1) is 0 Å². The zero-order chi connectivity index (χ0) is 14.1. The minimum absolute atomic E-state index is 0.0206. The number of hydrogen-bond donors (Lipinski definition) is 1. The van der Waals surface area contributed by atoms with Crippen LogP contribution in [0.25, 0.3) is 11.1 Å². The SMILES string of the molecule is CSC1CCC(Nc2nc3c([N+](=O)[O-])cccc3o2)C1. The molecule has 1 fully saturated rings. The zero-order valence-corrected chi connectivity index (χ0v) is 11.9. The highest BCUT2D eigenvalue weighted by Gasteiger charge is 2.25. The Labute approximate surface area is 120 Å². The van der Waals surface area contributed by atoms with Crippen molar-refractivity contribution in [3.8, 4) is 0 Å². The molecule has 1 N–H and O–H groups in total. The van der Waals surface area contributed by atoms with Crippen LogP contribution in [0.1, 0.15) is 19.3 Å². The highest BCUT2D eigenvalue weighted by Crippen LogP contribution is 2.32. The monoisotopic (exact) mass is 293 g/mol. The van der Waals surface area contributed by atoms with E-state index >= 15 is 0 Å². The molecule has 0 spiro atoms. The van der Waals surface area contributed by atoms with Crippen molar-refractivity contribution < 1.29 is 9.34 Å². The average molecular weight is 293 g/mol. The molecule has 2 aromatic rings. The van der Waals surface area contributed by atoms with Gasteiger partial charge in [0.1, 0.15) is 0 Å². The molecule has 1 heterocycles. The number of rotatable bonds is 4. The first-order valence-corrected chi connectivity index (χ1v) is 7.79. The molecule has 1 saturated carbocycles. The van der Waals surface area contributed by atoms with Gasteiger partial charge in [-0.1, -0.05) is 6.07 Å². The number of anilines is 1. The second-order valence-electron chi connectivity index (χ2n) is 4.91.